The Morgan fingerprint density at radius 1 is 0.279 bits per heavy atom. The first kappa shape index (κ1) is 117. The Labute approximate surface area is 773 Å². The van der Waals surface area contributed by atoms with Gasteiger partial charge in [0, 0.05) is 72.3 Å². The van der Waals surface area contributed by atoms with E-state index >= 15 is 0 Å². The predicted molar refractivity (Wildman–Crippen MR) is 526 cm³/mol. The highest BCUT2D eigenvalue weighted by Gasteiger charge is 2.29. The van der Waals surface area contributed by atoms with E-state index in [2.05, 4.69) is 120 Å². The Hall–Kier alpha value is -10.2. The number of nitrogens with zero attached hydrogens (tertiary/aromatic N) is 1. The molecular weight excluding hydrogens is 1620 g/mol. The number of benzene rings is 7. The topological polar surface area (TPSA) is 363 Å². The quantitative estimate of drug-likeness (QED) is 0.0170. The summed E-state index contributed by atoms with van der Waals surface area (Å²) in [7, 11) is 0. The molecule has 0 fully saturated rings. The molecular formula is C107H161N7O15. The van der Waals surface area contributed by atoms with Crippen molar-refractivity contribution in [1.82, 2.24) is 31.9 Å². The minimum atomic E-state index is -0.526. The van der Waals surface area contributed by atoms with E-state index in [1.54, 1.807) is 83.3 Å². The number of amides is 1. The van der Waals surface area contributed by atoms with Crippen LogP contribution in [0.5, 0.6) is 40.2 Å². The smallest absolute Gasteiger partial charge is 0.255 e. The van der Waals surface area contributed by atoms with Crippen LogP contribution in [0.4, 0.5) is 0 Å². The van der Waals surface area contributed by atoms with Gasteiger partial charge in [0.2, 0.25) is 0 Å². The van der Waals surface area contributed by atoms with Crippen molar-refractivity contribution < 1.29 is 74.1 Å². The van der Waals surface area contributed by atoms with Crippen LogP contribution in [0.1, 0.15) is 294 Å². The summed E-state index contributed by atoms with van der Waals surface area (Å²) < 4.78 is 0. The highest BCUT2D eigenvalue weighted by Crippen LogP contribution is 2.37. The second-order valence-corrected chi connectivity index (χ2v) is 39.9. The lowest BCUT2D eigenvalue weighted by atomic mass is 9.85. The van der Waals surface area contributed by atoms with Gasteiger partial charge in [-0.1, -0.05) is 295 Å². The average molecular weight is 1790 g/mol. The number of para-hydroxylation sites is 7. The monoisotopic (exact) mass is 1780 g/mol. The molecule has 0 spiro atoms. The Kier molecular flexibility index (Phi) is 49.8. The van der Waals surface area contributed by atoms with Crippen LogP contribution in [0.2, 0.25) is 0 Å². The molecule has 7 aromatic rings. The Morgan fingerprint density at radius 2 is 0.512 bits per heavy atom. The maximum absolute atomic E-state index is 11.9. The molecule has 0 aromatic heterocycles. The molecule has 0 aliphatic heterocycles. The molecule has 714 valence electrons. The third kappa shape index (κ3) is 40.8. The van der Waals surface area contributed by atoms with Gasteiger partial charge in [-0.25, -0.2) is 0 Å². The molecule has 7 rings (SSSR count). The molecule has 0 aliphatic carbocycles. The lowest BCUT2D eigenvalue weighted by Gasteiger charge is -2.23. The zero-order chi connectivity index (χ0) is 99.3. The molecule has 0 bridgehead atoms. The van der Waals surface area contributed by atoms with Gasteiger partial charge in [0.05, 0.1) is 41.8 Å². The summed E-state index contributed by atoms with van der Waals surface area (Å²) in [5.41, 5.74) is 8.31. The van der Waals surface area contributed by atoms with E-state index in [1.807, 2.05) is 188 Å². The molecule has 13 N–H and O–H groups in total. The number of phenols is 7. The predicted octanol–water partition coefficient (Wildman–Crippen LogP) is 19.8. The van der Waals surface area contributed by atoms with Gasteiger partial charge in [0.1, 0.15) is 75.2 Å². The number of ketones is 7. The van der Waals surface area contributed by atoms with E-state index in [-0.39, 0.29) is 163 Å². The van der Waals surface area contributed by atoms with Crippen LogP contribution in [0.3, 0.4) is 0 Å². The van der Waals surface area contributed by atoms with Crippen LogP contribution in [0, 0.1) is 41.4 Å². The second-order valence-electron chi connectivity index (χ2n) is 39.9. The van der Waals surface area contributed by atoms with Crippen molar-refractivity contribution in [3.8, 4) is 40.2 Å². The Balaban J connectivity index is 0.000000754. The molecule has 22 nitrogen and oxygen atoms in total. The lowest BCUT2D eigenvalue weighted by molar-refractivity contribution is -0.120. The minimum absolute atomic E-state index is 0.0160. The number of Topliss-reactive ketones (excluding diaryl/α,β-unsaturated/α-hetero) is 7. The van der Waals surface area contributed by atoms with E-state index in [0.29, 0.717) is 61.3 Å². The molecule has 0 saturated carbocycles. The fourth-order valence-electron chi connectivity index (χ4n) is 14.5. The van der Waals surface area contributed by atoms with E-state index in [9.17, 15) is 74.1 Å². The van der Waals surface area contributed by atoms with Crippen LogP contribution in [-0.4, -0.2) is 131 Å². The summed E-state index contributed by atoms with van der Waals surface area (Å²) >= 11 is 0. The number of hydrogen-bond donors (Lipinski definition) is 13. The number of hydrogen-bond acceptors (Lipinski definition) is 21. The van der Waals surface area contributed by atoms with Crippen molar-refractivity contribution in [3.05, 3.63) is 207 Å². The Bertz CT molecular complexity index is 4370. The molecule has 0 radical (unpaired) electrons. The Morgan fingerprint density at radius 3 is 0.736 bits per heavy atom. The summed E-state index contributed by atoms with van der Waals surface area (Å²) in [5.74, 6) is 3.24. The number of nitrogens with one attached hydrogen (secondary N) is 6. The van der Waals surface area contributed by atoms with Gasteiger partial charge in [0.25, 0.3) is 5.91 Å². The van der Waals surface area contributed by atoms with Gasteiger partial charge in [-0.3, -0.25) is 43.3 Å². The standard InChI is InChI=1S/4C17H27NO2.C13H17NO3.C13H19NO2.C13H17NO2/c4*1-11(2)15(12(3)19)18-10-13-8-7-9-14(16(13)20)17(4,5)6;1-8(2)12(9(3)15)14-13(17)10-6-4-5-7-11(10)16;2*1-9(2)13(10(3)15)14-8-11-6-4-5-7-12(11)16/h4*7-9,11,15,18,20H,10H2,1-6H3;4-8,12,16H,1-3H3,(H,14,17);4-7,9,13-14,16H,8H2,1-3H3;4-9,13,16H,1-3H3/t4*15-;12-;2*13-/m0000000/s1. The number of carbonyl (C=O) groups excluding carboxylic acids is 8. The number of phenolic OH excluding ortho intramolecular Hbond substituents is 7. The first-order valence-electron chi connectivity index (χ1n) is 45.2. The van der Waals surface area contributed by atoms with Crippen molar-refractivity contribution >= 4 is 52.6 Å². The molecule has 0 heterocycles. The first-order valence-corrected chi connectivity index (χ1v) is 45.2. The van der Waals surface area contributed by atoms with Gasteiger partial charge in [-0.15, -0.1) is 0 Å². The van der Waals surface area contributed by atoms with Gasteiger partial charge < -0.3 is 67.6 Å². The average Bonchev–Trinajstić information content (AvgIpc) is 0.826. The first-order chi connectivity index (χ1) is 59.5. The van der Waals surface area contributed by atoms with Crippen molar-refractivity contribution in [2.75, 3.05) is 0 Å². The summed E-state index contributed by atoms with van der Waals surface area (Å²) in [4.78, 5) is 96.5. The zero-order valence-electron chi connectivity index (χ0n) is 83.9. The van der Waals surface area contributed by atoms with E-state index in [0.717, 1.165) is 50.1 Å². The van der Waals surface area contributed by atoms with Crippen LogP contribution in [0.15, 0.2) is 151 Å². The fraction of sp³-hybridized carbons (Fsp3) is 0.523. The van der Waals surface area contributed by atoms with E-state index in [4.69, 9.17) is 0 Å². The molecule has 22 heteroatoms. The number of aliphatic imine (C=N–C) groups is 1. The minimum Gasteiger partial charge on any atom is -0.508 e. The SMILES string of the molecule is CC(=O)[C@@H](N=Cc1ccccc1O)C(C)C.CC(=O)[C@@H](NC(=O)c1ccccc1O)C(C)C.CC(=O)[C@@H](NCc1cccc(C(C)(C)C)c1O)C(C)C.CC(=O)[C@@H](NCc1cccc(C(C)(C)C)c1O)C(C)C.CC(=O)[C@@H](NCc1cccc(C(C)(C)C)c1O)C(C)C.CC(=O)[C@@H](NCc1cccc(C(C)(C)C)c1O)C(C)C.CC(=O)[C@@H](NCc1ccccc1O)C(C)C. The summed E-state index contributed by atoms with van der Waals surface area (Å²) in [6.45, 7) is 66.1. The molecule has 0 aliphatic rings. The van der Waals surface area contributed by atoms with Gasteiger partial charge in [-0.2, -0.15) is 0 Å². The maximum atomic E-state index is 11.9. The van der Waals surface area contributed by atoms with E-state index < -0.39 is 11.9 Å². The lowest BCUT2D eigenvalue weighted by Crippen LogP contribution is -2.43. The molecule has 7 atom stereocenters. The second kappa shape index (κ2) is 55.1. The van der Waals surface area contributed by atoms with E-state index in [1.165, 1.54) is 26.0 Å². The number of rotatable bonds is 33. The summed E-state index contributed by atoms with van der Waals surface area (Å²) in [5, 5.41) is 89.0. The van der Waals surface area contributed by atoms with Crippen molar-refractivity contribution in [2.45, 2.75) is 325 Å². The third-order valence-corrected chi connectivity index (χ3v) is 21.7. The summed E-state index contributed by atoms with van der Waals surface area (Å²) in [6, 6.07) is 41.8. The molecule has 0 unspecified atom stereocenters. The van der Waals surface area contributed by atoms with Gasteiger partial charge in [-0.05, 0) is 164 Å². The van der Waals surface area contributed by atoms with Crippen molar-refractivity contribution in [1.29, 1.82) is 0 Å². The zero-order valence-corrected chi connectivity index (χ0v) is 83.9. The van der Waals surface area contributed by atoms with Crippen LogP contribution in [-0.2, 0) is 87.9 Å². The van der Waals surface area contributed by atoms with Crippen molar-refractivity contribution in [2.24, 2.45) is 46.4 Å². The molecule has 7 aromatic carbocycles. The van der Waals surface area contributed by atoms with Gasteiger partial charge in [0.15, 0.2) is 11.6 Å². The van der Waals surface area contributed by atoms with Gasteiger partial charge >= 0.3 is 0 Å². The van der Waals surface area contributed by atoms with Crippen molar-refractivity contribution in [3.63, 3.8) is 0 Å². The van der Waals surface area contributed by atoms with Crippen LogP contribution < -0.4 is 31.9 Å². The molecule has 1 amide bonds. The molecule has 129 heavy (non-hydrogen) atoms. The highest BCUT2D eigenvalue weighted by atomic mass is 16.3. The third-order valence-electron chi connectivity index (χ3n) is 21.7. The number of aromatic hydroxyl groups is 7. The largest absolute Gasteiger partial charge is 0.508 e. The van der Waals surface area contributed by atoms with Crippen LogP contribution >= 0.6 is 0 Å². The normalized spacial score (nSPS) is 13.2. The maximum Gasteiger partial charge on any atom is 0.255 e. The highest BCUT2D eigenvalue weighted by molar-refractivity contribution is 5.99. The summed E-state index contributed by atoms with van der Waals surface area (Å²) in [6.07, 6.45) is 1.56. The molecule has 0 saturated heterocycles. The number of carbonyl (C=O) groups is 8. The fourth-order valence-corrected chi connectivity index (χ4v) is 14.5. The van der Waals surface area contributed by atoms with Crippen LogP contribution in [0.25, 0.3) is 0 Å².